The van der Waals surface area contributed by atoms with Crippen LogP contribution < -0.4 is 15.5 Å². The van der Waals surface area contributed by atoms with E-state index in [2.05, 4.69) is 20.4 Å². The summed E-state index contributed by atoms with van der Waals surface area (Å²) in [4.78, 5) is 52.6. The second-order valence-electron chi connectivity index (χ2n) is 13.2. The van der Waals surface area contributed by atoms with E-state index in [1.807, 2.05) is 12.1 Å². The summed E-state index contributed by atoms with van der Waals surface area (Å²) in [6.45, 7) is 8.39. The van der Waals surface area contributed by atoms with Crippen molar-refractivity contribution in [3.05, 3.63) is 28.3 Å². The smallest absolute Gasteiger partial charge is 0.475 e. The van der Waals surface area contributed by atoms with E-state index in [9.17, 15) is 27.6 Å². The second-order valence-corrected chi connectivity index (χ2v) is 13.6. The van der Waals surface area contributed by atoms with Crippen LogP contribution in [-0.4, -0.2) is 96.6 Å². The van der Waals surface area contributed by atoms with Crippen molar-refractivity contribution < 1.29 is 37.5 Å². The highest BCUT2D eigenvalue weighted by atomic mass is 35.5. The molecule has 254 valence electrons. The van der Waals surface area contributed by atoms with Gasteiger partial charge in [0, 0.05) is 43.7 Å². The molecule has 0 bridgehead atoms. The summed E-state index contributed by atoms with van der Waals surface area (Å²) >= 11 is 6.91. The second kappa shape index (κ2) is 14.9. The van der Waals surface area contributed by atoms with Crippen LogP contribution in [0, 0.1) is 17.8 Å². The highest BCUT2D eigenvalue weighted by molar-refractivity contribution is 6.35. The van der Waals surface area contributed by atoms with Gasteiger partial charge < -0.3 is 25.1 Å². The molecule has 1 aromatic carbocycles. The molecular weight excluding hydrogens is 627 g/mol. The Morgan fingerprint density at radius 2 is 1.52 bits per heavy atom. The summed E-state index contributed by atoms with van der Waals surface area (Å²) in [6.07, 6.45) is 4.73. The van der Waals surface area contributed by atoms with Crippen LogP contribution in [0.25, 0.3) is 0 Å². The third kappa shape index (κ3) is 8.32. The maximum atomic E-state index is 13.1. The zero-order chi connectivity index (χ0) is 33.0. The molecule has 0 radical (unpaired) electrons. The number of nitrogens with one attached hydrogen (secondary N) is 2. The van der Waals surface area contributed by atoms with Crippen molar-refractivity contribution in [2.75, 3.05) is 50.7 Å². The van der Waals surface area contributed by atoms with Crippen molar-refractivity contribution in [2.45, 2.75) is 76.6 Å². The number of carboxylic acid groups (broad SMARTS) is 1. The minimum absolute atomic E-state index is 0.175. The Labute approximate surface area is 272 Å². The molecule has 14 heteroatoms. The molecule has 4 fully saturated rings. The van der Waals surface area contributed by atoms with Crippen molar-refractivity contribution in [2.24, 2.45) is 17.8 Å². The number of fused-ring (bicyclic) bond motifs is 1. The van der Waals surface area contributed by atoms with Crippen molar-refractivity contribution in [3.8, 4) is 0 Å². The van der Waals surface area contributed by atoms with Crippen LogP contribution in [0.4, 0.5) is 18.9 Å². The summed E-state index contributed by atoms with van der Waals surface area (Å²) in [5, 5.41) is 13.6. The number of aliphatic carboxylic acids is 1. The summed E-state index contributed by atoms with van der Waals surface area (Å²) in [6, 6.07) is 3.22. The fraction of sp³-hybridized carbons (Fsp3) is 0.688. The fourth-order valence-corrected chi connectivity index (χ4v) is 7.90. The molecule has 3 amide bonds. The third-order valence-corrected chi connectivity index (χ3v) is 10.6. The number of benzene rings is 1. The van der Waals surface area contributed by atoms with Crippen LogP contribution in [0.3, 0.4) is 0 Å². The Hall–Kier alpha value is -2.90. The first kappa shape index (κ1) is 34.4. The Balaban J connectivity index is 0.000000537. The Bertz CT molecular complexity index is 1290. The number of alkyl halides is 3. The third-order valence-electron chi connectivity index (χ3n) is 10.2. The molecular formula is C32H43ClF3N5O5. The lowest BCUT2D eigenvalue weighted by Gasteiger charge is -2.39. The predicted molar refractivity (Wildman–Crippen MR) is 165 cm³/mol. The number of carbonyl (C=O) groups is 4. The van der Waals surface area contributed by atoms with Crippen LogP contribution in [0.2, 0.25) is 5.02 Å². The Morgan fingerprint density at radius 3 is 2.13 bits per heavy atom. The molecule has 10 nitrogen and oxygen atoms in total. The number of rotatable bonds is 6. The molecule has 5 aliphatic rings. The first-order chi connectivity index (χ1) is 21.9. The van der Waals surface area contributed by atoms with Gasteiger partial charge in [-0.05, 0) is 107 Å². The summed E-state index contributed by atoms with van der Waals surface area (Å²) < 4.78 is 31.7. The van der Waals surface area contributed by atoms with Crippen LogP contribution in [0.5, 0.6) is 0 Å². The average Bonchev–Trinajstić information content (AvgIpc) is 3.36. The highest BCUT2D eigenvalue weighted by Crippen LogP contribution is 2.39. The van der Waals surface area contributed by atoms with Gasteiger partial charge in [-0.2, -0.15) is 13.2 Å². The number of halogens is 4. The molecule has 1 unspecified atom stereocenters. The topological polar surface area (TPSA) is 122 Å². The molecule has 0 aromatic heterocycles. The number of carbonyl (C=O) groups excluding carboxylic acids is 3. The van der Waals surface area contributed by atoms with Crippen molar-refractivity contribution in [3.63, 3.8) is 0 Å². The summed E-state index contributed by atoms with van der Waals surface area (Å²) in [5.74, 6) is -1.01. The van der Waals surface area contributed by atoms with Gasteiger partial charge in [0.15, 0.2) is 0 Å². The number of carboxylic acids is 1. The molecule has 6 rings (SSSR count). The molecule has 1 atom stereocenters. The van der Waals surface area contributed by atoms with Gasteiger partial charge in [0.25, 0.3) is 5.91 Å². The van der Waals surface area contributed by atoms with Crippen LogP contribution >= 0.6 is 11.6 Å². The van der Waals surface area contributed by atoms with E-state index in [0.29, 0.717) is 23.6 Å². The molecule has 1 aromatic rings. The number of piperidine rings is 4. The number of imide groups is 1. The highest BCUT2D eigenvalue weighted by Gasteiger charge is 2.41. The van der Waals surface area contributed by atoms with E-state index < -0.39 is 24.1 Å². The van der Waals surface area contributed by atoms with Gasteiger partial charge in [0.05, 0.1) is 10.7 Å². The minimum Gasteiger partial charge on any atom is -0.475 e. The monoisotopic (exact) mass is 669 g/mol. The number of anilines is 1. The zero-order valence-corrected chi connectivity index (χ0v) is 26.7. The zero-order valence-electron chi connectivity index (χ0n) is 25.9. The lowest BCUT2D eigenvalue weighted by molar-refractivity contribution is -0.192. The van der Waals surface area contributed by atoms with Crippen LogP contribution in [0.1, 0.15) is 73.7 Å². The van der Waals surface area contributed by atoms with E-state index in [1.54, 1.807) is 4.90 Å². The van der Waals surface area contributed by atoms with Gasteiger partial charge in [0.2, 0.25) is 11.8 Å². The average molecular weight is 670 g/mol. The molecule has 4 saturated heterocycles. The van der Waals surface area contributed by atoms with Gasteiger partial charge in [-0.15, -0.1) is 0 Å². The quantitative estimate of drug-likeness (QED) is 0.388. The van der Waals surface area contributed by atoms with Gasteiger partial charge in [-0.3, -0.25) is 19.7 Å². The largest absolute Gasteiger partial charge is 0.490 e. The number of amides is 3. The molecule has 0 aliphatic carbocycles. The molecule has 3 N–H and O–H groups in total. The number of hydrogen-bond donors (Lipinski definition) is 3. The summed E-state index contributed by atoms with van der Waals surface area (Å²) in [5.41, 5.74) is 2.37. The van der Waals surface area contributed by atoms with Crippen molar-refractivity contribution in [1.29, 1.82) is 0 Å². The number of nitrogens with zero attached hydrogens (tertiary/aromatic N) is 3. The SMILES string of the molecule is O=C(O)C(F)(F)F.O=C1CCC(N2Cc3c(ccc(N4CCC(CN5CCC(CC6CCNCC6)CC5)CC4)c3Cl)C2=O)C(=O)N1. The van der Waals surface area contributed by atoms with E-state index in [4.69, 9.17) is 21.5 Å². The molecule has 46 heavy (non-hydrogen) atoms. The van der Waals surface area contributed by atoms with Gasteiger partial charge >= 0.3 is 12.1 Å². The molecule has 0 spiro atoms. The minimum atomic E-state index is -5.08. The fourth-order valence-electron chi connectivity index (χ4n) is 7.55. The predicted octanol–water partition coefficient (Wildman–Crippen LogP) is 4.05. The lowest BCUT2D eigenvalue weighted by Crippen LogP contribution is -2.52. The van der Waals surface area contributed by atoms with E-state index in [-0.39, 0.29) is 18.2 Å². The maximum absolute atomic E-state index is 13.1. The van der Waals surface area contributed by atoms with Crippen molar-refractivity contribution in [1.82, 2.24) is 20.4 Å². The van der Waals surface area contributed by atoms with E-state index in [0.717, 1.165) is 54.9 Å². The first-order valence-corrected chi connectivity index (χ1v) is 16.7. The standard InChI is InChI=1S/C30H42ClN5O3.C2HF3O2/c31-28-24-19-36(26-3-4-27(37)33-29(26)38)30(39)23(24)1-2-25(28)35-15-9-22(10-16-35)18-34-13-7-21(8-14-34)17-20-5-11-32-12-6-20;3-2(4,5)1(6)7/h1-2,20-22,26,32H,3-19H2,(H,33,37,38);(H,6,7). The molecule has 0 saturated carbocycles. The van der Waals surface area contributed by atoms with Gasteiger partial charge in [-0.1, -0.05) is 11.6 Å². The van der Waals surface area contributed by atoms with E-state index in [1.165, 1.54) is 64.8 Å². The van der Waals surface area contributed by atoms with Gasteiger partial charge in [-0.25, -0.2) is 4.79 Å². The van der Waals surface area contributed by atoms with Crippen LogP contribution in [-0.2, 0) is 20.9 Å². The van der Waals surface area contributed by atoms with Gasteiger partial charge in [0.1, 0.15) is 6.04 Å². The van der Waals surface area contributed by atoms with Crippen LogP contribution in [0.15, 0.2) is 12.1 Å². The lowest BCUT2D eigenvalue weighted by atomic mass is 9.83. The molecule has 5 aliphatic heterocycles. The van der Waals surface area contributed by atoms with Crippen molar-refractivity contribution >= 4 is 41.0 Å². The Kier molecular flexibility index (Phi) is 11.1. The van der Waals surface area contributed by atoms with E-state index >= 15 is 0 Å². The normalized spacial score (nSPS) is 24.0. The number of hydrogen-bond acceptors (Lipinski definition) is 7. The Morgan fingerprint density at radius 1 is 0.913 bits per heavy atom. The molecule has 5 heterocycles. The summed E-state index contributed by atoms with van der Waals surface area (Å²) in [7, 11) is 0. The maximum Gasteiger partial charge on any atom is 0.490 e. The first-order valence-electron chi connectivity index (χ1n) is 16.3. The number of likely N-dealkylation sites (tertiary alicyclic amines) is 1.